The van der Waals surface area contributed by atoms with E-state index in [4.69, 9.17) is 18.9 Å². The van der Waals surface area contributed by atoms with Gasteiger partial charge in [0.15, 0.2) is 23.0 Å². The highest BCUT2D eigenvalue weighted by molar-refractivity contribution is 5.90. The molecule has 5 nitrogen and oxygen atoms in total. The summed E-state index contributed by atoms with van der Waals surface area (Å²) in [5, 5.41) is 3.46. The topological polar surface area (TPSA) is 49.0 Å². The minimum absolute atomic E-state index is 0.236. The van der Waals surface area contributed by atoms with Crippen LogP contribution < -0.4 is 24.3 Å². The van der Waals surface area contributed by atoms with Crippen molar-refractivity contribution < 1.29 is 18.9 Å². The normalized spacial score (nSPS) is 14.5. The van der Waals surface area contributed by atoms with Crippen LogP contribution in [-0.4, -0.2) is 19.6 Å². The molecular weight excluding hydrogens is 282 g/mol. The number of anilines is 1. The minimum atomic E-state index is 0.236. The number of nitrogens with one attached hydrogen (secondary N) is 1. The Kier molecular flexibility index (Phi) is 2.99. The van der Waals surface area contributed by atoms with Crippen molar-refractivity contribution in [2.45, 2.75) is 19.9 Å². The van der Waals surface area contributed by atoms with E-state index >= 15 is 0 Å². The van der Waals surface area contributed by atoms with Crippen molar-refractivity contribution in [1.29, 1.82) is 0 Å². The van der Waals surface area contributed by atoms with Gasteiger partial charge in [0.05, 0.1) is 5.56 Å². The van der Waals surface area contributed by atoms with E-state index in [9.17, 15) is 0 Å². The Bertz CT molecular complexity index is 727. The standard InChI is InChI=1S/C17H17NO4/c1-10(2)18-12-6-7-14-17(22-9-20-14)15(12)11-4-3-5-13-16(11)21-8-19-13/h3-7,10,18H,8-9H2,1-2H3. The maximum absolute atomic E-state index is 5.71. The van der Waals surface area contributed by atoms with Gasteiger partial charge in [-0.2, -0.15) is 0 Å². The van der Waals surface area contributed by atoms with Crippen LogP contribution in [0.4, 0.5) is 5.69 Å². The largest absolute Gasteiger partial charge is 0.454 e. The van der Waals surface area contributed by atoms with Crippen LogP contribution in [0.25, 0.3) is 11.1 Å². The first kappa shape index (κ1) is 13.1. The van der Waals surface area contributed by atoms with Gasteiger partial charge < -0.3 is 24.3 Å². The zero-order valence-corrected chi connectivity index (χ0v) is 12.5. The van der Waals surface area contributed by atoms with Crippen LogP contribution in [0.2, 0.25) is 0 Å². The molecule has 0 amide bonds. The van der Waals surface area contributed by atoms with Gasteiger partial charge in [-0.25, -0.2) is 0 Å². The van der Waals surface area contributed by atoms with Crippen LogP contribution in [0, 0.1) is 0 Å². The smallest absolute Gasteiger partial charge is 0.231 e. The quantitative estimate of drug-likeness (QED) is 0.938. The van der Waals surface area contributed by atoms with Gasteiger partial charge in [0.25, 0.3) is 0 Å². The average Bonchev–Trinajstić information content (AvgIpc) is 3.14. The third-order valence-corrected chi connectivity index (χ3v) is 3.65. The molecule has 0 aromatic heterocycles. The lowest BCUT2D eigenvalue weighted by Crippen LogP contribution is -2.10. The molecule has 0 saturated heterocycles. The molecule has 0 fully saturated rings. The number of para-hydroxylation sites is 1. The molecule has 0 saturated carbocycles. The fraction of sp³-hybridized carbons (Fsp3) is 0.294. The molecule has 4 rings (SSSR count). The molecule has 2 aromatic rings. The molecule has 0 unspecified atom stereocenters. The fourth-order valence-corrected chi connectivity index (χ4v) is 2.80. The fourth-order valence-electron chi connectivity index (χ4n) is 2.80. The molecule has 0 aliphatic carbocycles. The van der Waals surface area contributed by atoms with Crippen LogP contribution >= 0.6 is 0 Å². The van der Waals surface area contributed by atoms with Gasteiger partial charge in [0, 0.05) is 17.3 Å². The number of ether oxygens (including phenoxy) is 4. The number of fused-ring (bicyclic) bond motifs is 2. The van der Waals surface area contributed by atoms with E-state index in [0.29, 0.717) is 6.04 Å². The minimum Gasteiger partial charge on any atom is -0.454 e. The second-order valence-corrected chi connectivity index (χ2v) is 5.56. The first-order valence-corrected chi connectivity index (χ1v) is 7.32. The van der Waals surface area contributed by atoms with Crippen molar-refractivity contribution in [3.8, 4) is 34.1 Å². The van der Waals surface area contributed by atoms with Gasteiger partial charge in [-0.05, 0) is 32.0 Å². The molecule has 5 heteroatoms. The maximum Gasteiger partial charge on any atom is 0.231 e. The van der Waals surface area contributed by atoms with Gasteiger partial charge in [-0.1, -0.05) is 12.1 Å². The predicted molar refractivity (Wildman–Crippen MR) is 82.9 cm³/mol. The van der Waals surface area contributed by atoms with Gasteiger partial charge in [-0.3, -0.25) is 0 Å². The van der Waals surface area contributed by atoms with Crippen molar-refractivity contribution >= 4 is 5.69 Å². The predicted octanol–water partition coefficient (Wildman–Crippen LogP) is 3.63. The van der Waals surface area contributed by atoms with Crippen molar-refractivity contribution in [2.24, 2.45) is 0 Å². The van der Waals surface area contributed by atoms with E-state index in [2.05, 4.69) is 19.2 Å². The van der Waals surface area contributed by atoms with Crippen molar-refractivity contribution in [3.05, 3.63) is 30.3 Å². The van der Waals surface area contributed by atoms with Crippen LogP contribution in [0.5, 0.6) is 23.0 Å². The first-order valence-electron chi connectivity index (χ1n) is 7.32. The Labute approximate surface area is 128 Å². The van der Waals surface area contributed by atoms with Gasteiger partial charge in [-0.15, -0.1) is 0 Å². The first-order chi connectivity index (χ1) is 10.7. The molecule has 0 spiro atoms. The lowest BCUT2D eigenvalue weighted by molar-refractivity contribution is 0.173. The Balaban J connectivity index is 1.94. The SMILES string of the molecule is CC(C)Nc1ccc2c(c1-c1cccc3c1OCO3)OCO2. The summed E-state index contributed by atoms with van der Waals surface area (Å²) in [6, 6.07) is 10.1. The average molecular weight is 299 g/mol. The highest BCUT2D eigenvalue weighted by Crippen LogP contribution is 2.51. The van der Waals surface area contributed by atoms with Crippen molar-refractivity contribution in [3.63, 3.8) is 0 Å². The molecule has 1 N–H and O–H groups in total. The van der Waals surface area contributed by atoms with Gasteiger partial charge in [0.1, 0.15) is 0 Å². The van der Waals surface area contributed by atoms with E-state index in [1.165, 1.54) is 0 Å². The zero-order valence-electron chi connectivity index (χ0n) is 12.5. The molecule has 114 valence electrons. The van der Waals surface area contributed by atoms with Crippen LogP contribution in [-0.2, 0) is 0 Å². The number of benzene rings is 2. The summed E-state index contributed by atoms with van der Waals surface area (Å²) in [6.45, 7) is 4.68. The highest BCUT2D eigenvalue weighted by atomic mass is 16.7. The summed E-state index contributed by atoms with van der Waals surface area (Å²) in [6.07, 6.45) is 0. The molecule has 2 aromatic carbocycles. The lowest BCUT2D eigenvalue weighted by atomic mass is 10.00. The molecule has 0 atom stereocenters. The Morgan fingerprint density at radius 2 is 1.59 bits per heavy atom. The molecule has 0 bridgehead atoms. The molecule has 0 radical (unpaired) electrons. The monoisotopic (exact) mass is 299 g/mol. The molecule has 2 heterocycles. The second kappa shape index (κ2) is 5.02. The van der Waals surface area contributed by atoms with E-state index in [-0.39, 0.29) is 13.6 Å². The highest BCUT2D eigenvalue weighted by Gasteiger charge is 2.27. The summed E-state index contributed by atoms with van der Waals surface area (Å²) in [7, 11) is 0. The van der Waals surface area contributed by atoms with Crippen molar-refractivity contribution in [2.75, 3.05) is 18.9 Å². The maximum atomic E-state index is 5.71. The third kappa shape index (κ3) is 2.01. The number of hydrogen-bond donors (Lipinski definition) is 1. The molecule has 2 aliphatic rings. The molecular formula is C17H17NO4. The van der Waals surface area contributed by atoms with Crippen molar-refractivity contribution in [1.82, 2.24) is 0 Å². The summed E-state index contributed by atoms with van der Waals surface area (Å²) < 4.78 is 22.4. The Hall–Kier alpha value is -2.56. The van der Waals surface area contributed by atoms with E-state index in [1.54, 1.807) is 0 Å². The third-order valence-electron chi connectivity index (χ3n) is 3.65. The summed E-state index contributed by atoms with van der Waals surface area (Å²) in [5.74, 6) is 3.00. The summed E-state index contributed by atoms with van der Waals surface area (Å²) in [4.78, 5) is 0. The van der Waals surface area contributed by atoms with E-state index in [0.717, 1.165) is 39.8 Å². The van der Waals surface area contributed by atoms with E-state index < -0.39 is 0 Å². The zero-order chi connectivity index (χ0) is 15.1. The van der Waals surface area contributed by atoms with E-state index in [1.807, 2.05) is 30.3 Å². The van der Waals surface area contributed by atoms with Crippen LogP contribution in [0.1, 0.15) is 13.8 Å². The van der Waals surface area contributed by atoms with Gasteiger partial charge >= 0.3 is 0 Å². The van der Waals surface area contributed by atoms with Gasteiger partial charge in [0.2, 0.25) is 13.6 Å². The molecule has 22 heavy (non-hydrogen) atoms. The van der Waals surface area contributed by atoms with Crippen LogP contribution in [0.3, 0.4) is 0 Å². The van der Waals surface area contributed by atoms with Crippen LogP contribution in [0.15, 0.2) is 30.3 Å². The number of hydrogen-bond acceptors (Lipinski definition) is 5. The lowest BCUT2D eigenvalue weighted by Gasteiger charge is -2.17. The second-order valence-electron chi connectivity index (χ2n) is 5.56. The summed E-state index contributed by atoms with van der Waals surface area (Å²) >= 11 is 0. The molecule has 2 aliphatic heterocycles. The Morgan fingerprint density at radius 1 is 0.864 bits per heavy atom. The number of rotatable bonds is 3. The Morgan fingerprint density at radius 3 is 2.36 bits per heavy atom. The summed E-state index contributed by atoms with van der Waals surface area (Å²) in [5.41, 5.74) is 2.88.